The number of anilines is 1. The largest absolute Gasteiger partial charge is 0.383 e. The summed E-state index contributed by atoms with van der Waals surface area (Å²) in [5, 5.41) is 0. The van der Waals surface area contributed by atoms with E-state index in [4.69, 9.17) is 5.73 Å². The van der Waals surface area contributed by atoms with Gasteiger partial charge >= 0.3 is 0 Å². The molecule has 1 aliphatic rings. The van der Waals surface area contributed by atoms with Gasteiger partial charge in [0.15, 0.2) is 0 Å². The third-order valence-electron chi connectivity index (χ3n) is 2.92. The summed E-state index contributed by atoms with van der Waals surface area (Å²) in [6, 6.07) is 0. The van der Waals surface area contributed by atoms with Crippen molar-refractivity contribution in [2.75, 3.05) is 12.8 Å². The first-order valence-corrected chi connectivity index (χ1v) is 5.22. The molecule has 2 N–H and O–H groups in total. The average molecular weight is 197 g/mol. The Labute approximate surface area is 82.7 Å². The van der Waals surface area contributed by atoms with Crippen molar-refractivity contribution < 1.29 is 0 Å². The Morgan fingerprint density at radius 2 is 2.23 bits per heavy atom. The van der Waals surface area contributed by atoms with Crippen LogP contribution in [0.2, 0.25) is 0 Å². The summed E-state index contributed by atoms with van der Waals surface area (Å²) in [4.78, 5) is 3.69. The van der Waals surface area contributed by atoms with E-state index in [-0.39, 0.29) is 5.54 Å². The van der Waals surface area contributed by atoms with Crippen LogP contribution in [0.1, 0.15) is 24.3 Å². The summed E-state index contributed by atoms with van der Waals surface area (Å²) >= 11 is 1.54. The fourth-order valence-electron chi connectivity index (χ4n) is 1.67. The summed E-state index contributed by atoms with van der Waals surface area (Å²) in [7, 11) is 2.15. The molecule has 1 aliphatic heterocycles. The van der Waals surface area contributed by atoms with Gasteiger partial charge in [-0.15, -0.1) is 0 Å². The highest BCUT2D eigenvalue weighted by Gasteiger charge is 2.32. The lowest BCUT2D eigenvalue weighted by molar-refractivity contribution is 0.135. The summed E-state index contributed by atoms with van der Waals surface area (Å²) in [5.41, 5.74) is 7.29. The zero-order valence-electron chi connectivity index (χ0n) is 8.29. The van der Waals surface area contributed by atoms with Crippen molar-refractivity contribution in [3.05, 3.63) is 10.4 Å². The quantitative estimate of drug-likeness (QED) is 0.685. The van der Waals surface area contributed by atoms with E-state index in [9.17, 15) is 0 Å². The molecule has 2 rings (SSSR count). The van der Waals surface area contributed by atoms with Crippen LogP contribution >= 0.6 is 11.5 Å². The van der Waals surface area contributed by atoms with Crippen molar-refractivity contribution in [3.63, 3.8) is 0 Å². The van der Waals surface area contributed by atoms with E-state index in [1.165, 1.54) is 22.0 Å². The molecule has 2 heterocycles. The molecule has 0 amide bonds. The fourth-order valence-corrected chi connectivity index (χ4v) is 2.52. The number of hydrogen-bond acceptors (Lipinski definition) is 4. The first-order valence-electron chi connectivity index (χ1n) is 4.45. The SMILES string of the molecule is CN1Cc2snc(N)c2CC1(C)C. The highest BCUT2D eigenvalue weighted by atomic mass is 32.1. The molecule has 0 aromatic carbocycles. The number of fused-ring (bicyclic) bond motifs is 1. The van der Waals surface area contributed by atoms with Crippen LogP contribution in [0.25, 0.3) is 0 Å². The third-order valence-corrected chi connectivity index (χ3v) is 3.81. The molecule has 0 saturated heterocycles. The monoisotopic (exact) mass is 197 g/mol. The second-order valence-electron chi connectivity index (χ2n) is 4.31. The molecule has 0 spiro atoms. The molecular formula is C9H15N3S. The van der Waals surface area contributed by atoms with E-state index in [0.717, 1.165) is 18.8 Å². The fraction of sp³-hybridized carbons (Fsp3) is 0.667. The van der Waals surface area contributed by atoms with Gasteiger partial charge in [0, 0.05) is 22.5 Å². The molecule has 0 unspecified atom stereocenters. The number of hydrogen-bond donors (Lipinski definition) is 1. The molecule has 0 atom stereocenters. The smallest absolute Gasteiger partial charge is 0.140 e. The van der Waals surface area contributed by atoms with Crippen LogP contribution < -0.4 is 5.73 Å². The Morgan fingerprint density at radius 3 is 2.92 bits per heavy atom. The maximum absolute atomic E-state index is 5.81. The first kappa shape index (κ1) is 8.97. The van der Waals surface area contributed by atoms with Gasteiger partial charge in [-0.1, -0.05) is 0 Å². The zero-order chi connectivity index (χ0) is 9.64. The topological polar surface area (TPSA) is 42.2 Å². The number of nitrogens with two attached hydrogens (primary N) is 1. The maximum atomic E-state index is 5.81. The Balaban J connectivity index is 2.41. The van der Waals surface area contributed by atoms with Crippen LogP contribution in [0, 0.1) is 0 Å². The number of likely N-dealkylation sites (N-methyl/N-ethyl adjacent to an activating group) is 1. The van der Waals surface area contributed by atoms with Crippen molar-refractivity contribution in [2.24, 2.45) is 0 Å². The Hall–Kier alpha value is -0.610. The Kier molecular flexibility index (Phi) is 1.85. The van der Waals surface area contributed by atoms with Gasteiger partial charge in [-0.2, -0.15) is 4.37 Å². The van der Waals surface area contributed by atoms with E-state index >= 15 is 0 Å². The highest BCUT2D eigenvalue weighted by molar-refractivity contribution is 7.06. The van der Waals surface area contributed by atoms with E-state index in [2.05, 4.69) is 30.2 Å². The van der Waals surface area contributed by atoms with Gasteiger partial charge in [0.1, 0.15) is 5.82 Å². The van der Waals surface area contributed by atoms with E-state index in [1.54, 1.807) is 0 Å². The highest BCUT2D eigenvalue weighted by Crippen LogP contribution is 2.34. The number of nitrogen functional groups attached to an aromatic ring is 1. The Morgan fingerprint density at radius 1 is 1.54 bits per heavy atom. The van der Waals surface area contributed by atoms with Crippen LogP contribution in [-0.4, -0.2) is 21.9 Å². The van der Waals surface area contributed by atoms with Crippen molar-refractivity contribution in [3.8, 4) is 0 Å². The van der Waals surface area contributed by atoms with Crippen molar-refractivity contribution in [1.82, 2.24) is 9.27 Å². The molecule has 0 bridgehead atoms. The molecule has 0 aliphatic carbocycles. The lowest BCUT2D eigenvalue weighted by Crippen LogP contribution is -2.45. The van der Waals surface area contributed by atoms with Gasteiger partial charge in [0.25, 0.3) is 0 Å². The lowest BCUT2D eigenvalue weighted by Gasteiger charge is -2.39. The summed E-state index contributed by atoms with van der Waals surface area (Å²) in [6.07, 6.45) is 1.02. The number of rotatable bonds is 0. The van der Waals surface area contributed by atoms with Gasteiger partial charge in [0.05, 0.1) is 0 Å². The molecule has 1 aromatic heterocycles. The lowest BCUT2D eigenvalue weighted by atomic mass is 9.90. The van der Waals surface area contributed by atoms with Crippen LogP contribution in [0.4, 0.5) is 5.82 Å². The van der Waals surface area contributed by atoms with Crippen molar-refractivity contribution >= 4 is 17.4 Å². The number of aromatic nitrogens is 1. The van der Waals surface area contributed by atoms with Crippen molar-refractivity contribution in [2.45, 2.75) is 32.4 Å². The minimum absolute atomic E-state index is 0.212. The maximum Gasteiger partial charge on any atom is 0.140 e. The second-order valence-corrected chi connectivity index (χ2v) is 5.17. The van der Waals surface area contributed by atoms with Crippen molar-refractivity contribution in [1.29, 1.82) is 0 Å². The van der Waals surface area contributed by atoms with Gasteiger partial charge in [-0.05, 0) is 38.8 Å². The van der Waals surface area contributed by atoms with E-state index in [0.29, 0.717) is 0 Å². The standard InChI is InChI=1S/C9H15N3S/c1-9(2)4-6-7(5-12(9)3)13-11-8(6)10/h4-5H2,1-3H3,(H2,10,11). The molecular weight excluding hydrogens is 182 g/mol. The van der Waals surface area contributed by atoms with Gasteiger partial charge < -0.3 is 5.73 Å². The predicted molar refractivity (Wildman–Crippen MR) is 55.8 cm³/mol. The van der Waals surface area contributed by atoms with Gasteiger partial charge in [0.2, 0.25) is 0 Å². The molecule has 13 heavy (non-hydrogen) atoms. The molecule has 3 nitrogen and oxygen atoms in total. The van der Waals surface area contributed by atoms with E-state index < -0.39 is 0 Å². The molecule has 4 heteroatoms. The zero-order valence-corrected chi connectivity index (χ0v) is 9.11. The van der Waals surface area contributed by atoms with Gasteiger partial charge in [-0.25, -0.2) is 0 Å². The summed E-state index contributed by atoms with van der Waals surface area (Å²) in [5.74, 6) is 0.737. The molecule has 72 valence electrons. The average Bonchev–Trinajstić information content (AvgIpc) is 2.34. The van der Waals surface area contributed by atoms with Crippen LogP contribution in [-0.2, 0) is 13.0 Å². The number of nitrogens with zero attached hydrogens (tertiary/aromatic N) is 2. The van der Waals surface area contributed by atoms with E-state index in [1.807, 2.05) is 0 Å². The first-order chi connectivity index (χ1) is 6.00. The summed E-state index contributed by atoms with van der Waals surface area (Å²) < 4.78 is 4.19. The van der Waals surface area contributed by atoms with Crippen LogP contribution in [0.3, 0.4) is 0 Å². The second kappa shape index (κ2) is 2.69. The molecule has 1 aromatic rings. The Bertz CT molecular complexity index is 330. The minimum Gasteiger partial charge on any atom is -0.383 e. The minimum atomic E-state index is 0.212. The normalized spacial score (nSPS) is 21.5. The van der Waals surface area contributed by atoms with Crippen LogP contribution in [0.5, 0.6) is 0 Å². The molecule has 0 saturated carbocycles. The predicted octanol–water partition coefficient (Wildman–Crippen LogP) is 1.49. The molecule has 0 radical (unpaired) electrons. The van der Waals surface area contributed by atoms with Crippen LogP contribution in [0.15, 0.2) is 0 Å². The third kappa shape index (κ3) is 1.34. The molecule has 0 fully saturated rings. The van der Waals surface area contributed by atoms with Gasteiger partial charge in [-0.3, -0.25) is 4.90 Å². The summed E-state index contributed by atoms with van der Waals surface area (Å²) in [6.45, 7) is 5.47.